The monoisotopic (exact) mass is 227 g/mol. The van der Waals surface area contributed by atoms with E-state index in [0.717, 1.165) is 12.8 Å². The summed E-state index contributed by atoms with van der Waals surface area (Å²) in [6.45, 7) is 6.79. The van der Waals surface area contributed by atoms with Crippen LogP contribution in [0.15, 0.2) is 12.1 Å². The average Bonchev–Trinajstić information content (AvgIpc) is 2.61. The van der Waals surface area contributed by atoms with Crippen LogP contribution in [0.3, 0.4) is 0 Å². The third-order valence-electron chi connectivity index (χ3n) is 2.52. The van der Waals surface area contributed by atoms with E-state index in [1.807, 2.05) is 11.3 Å². The van der Waals surface area contributed by atoms with E-state index < -0.39 is 0 Å². The highest BCUT2D eigenvalue weighted by atomic mass is 32.1. The first-order valence-corrected chi connectivity index (χ1v) is 6.38. The molecule has 2 N–H and O–H groups in total. The summed E-state index contributed by atoms with van der Waals surface area (Å²) < 4.78 is 0. The second-order valence-electron chi connectivity index (χ2n) is 4.10. The van der Waals surface area contributed by atoms with Crippen molar-refractivity contribution in [3.63, 3.8) is 0 Å². The second-order valence-corrected chi connectivity index (χ2v) is 5.42. The van der Waals surface area contributed by atoms with Crippen LogP contribution in [-0.4, -0.2) is 17.8 Å². The predicted octanol–water partition coefficient (Wildman–Crippen LogP) is 2.87. The van der Waals surface area contributed by atoms with Gasteiger partial charge in [0.2, 0.25) is 0 Å². The predicted molar refractivity (Wildman–Crippen MR) is 66.4 cm³/mol. The molecular weight excluding hydrogens is 206 g/mol. The van der Waals surface area contributed by atoms with Gasteiger partial charge in [0.25, 0.3) is 0 Å². The molecule has 0 aliphatic heterocycles. The fourth-order valence-electron chi connectivity index (χ4n) is 1.68. The molecule has 0 fully saturated rings. The number of aliphatic hydroxyl groups is 1. The minimum absolute atomic E-state index is 0.290. The van der Waals surface area contributed by atoms with Crippen LogP contribution in [0.25, 0.3) is 0 Å². The highest BCUT2D eigenvalue weighted by molar-refractivity contribution is 7.12. The van der Waals surface area contributed by atoms with Crippen LogP contribution in [0.1, 0.15) is 42.5 Å². The Morgan fingerprint density at radius 1 is 1.40 bits per heavy atom. The van der Waals surface area contributed by atoms with Gasteiger partial charge in [0.1, 0.15) is 0 Å². The molecule has 0 bridgehead atoms. The molecule has 2 atom stereocenters. The second kappa shape index (κ2) is 6.26. The summed E-state index contributed by atoms with van der Waals surface area (Å²) in [7, 11) is 0. The molecule has 1 aromatic rings. The maximum atomic E-state index is 8.74. The topological polar surface area (TPSA) is 32.3 Å². The van der Waals surface area contributed by atoms with Crippen LogP contribution < -0.4 is 5.32 Å². The normalized spacial score (nSPS) is 15.2. The van der Waals surface area contributed by atoms with Crippen LogP contribution in [0.2, 0.25) is 0 Å². The van der Waals surface area contributed by atoms with Gasteiger partial charge in [-0.25, -0.2) is 0 Å². The Balaban J connectivity index is 2.38. The van der Waals surface area contributed by atoms with Gasteiger partial charge < -0.3 is 10.4 Å². The molecule has 2 nitrogen and oxygen atoms in total. The molecule has 0 saturated heterocycles. The quantitative estimate of drug-likeness (QED) is 0.783. The summed E-state index contributed by atoms with van der Waals surface area (Å²) in [6, 6.07) is 5.24. The Bertz CT molecular complexity index is 285. The molecule has 1 aromatic heterocycles. The molecule has 0 amide bonds. The lowest BCUT2D eigenvalue weighted by Crippen LogP contribution is -2.28. The van der Waals surface area contributed by atoms with Gasteiger partial charge in [0, 0.05) is 28.4 Å². The summed E-state index contributed by atoms with van der Waals surface area (Å²) in [5.74, 6) is 0. The number of aliphatic hydroxyl groups excluding tert-OH is 1. The van der Waals surface area contributed by atoms with Crippen molar-refractivity contribution in [1.29, 1.82) is 0 Å². The highest BCUT2D eigenvalue weighted by Gasteiger charge is 2.10. The summed E-state index contributed by atoms with van der Waals surface area (Å²) in [4.78, 5) is 2.75. The lowest BCUT2D eigenvalue weighted by molar-refractivity contribution is 0.274. The number of rotatable bonds is 6. The third-order valence-corrected chi connectivity index (χ3v) is 3.70. The van der Waals surface area contributed by atoms with Crippen LogP contribution in [0.5, 0.6) is 0 Å². The van der Waals surface area contributed by atoms with E-state index in [1.165, 1.54) is 9.75 Å². The molecule has 1 heterocycles. The van der Waals surface area contributed by atoms with Crippen molar-refractivity contribution in [2.75, 3.05) is 6.61 Å². The summed E-state index contributed by atoms with van der Waals surface area (Å²) in [6.07, 6.45) is 1.91. The van der Waals surface area contributed by atoms with Gasteiger partial charge >= 0.3 is 0 Å². The molecule has 0 saturated carbocycles. The minimum atomic E-state index is 0.290. The Hall–Kier alpha value is -0.380. The number of hydrogen-bond acceptors (Lipinski definition) is 3. The van der Waals surface area contributed by atoms with Crippen LogP contribution >= 0.6 is 11.3 Å². The Morgan fingerprint density at radius 3 is 2.67 bits per heavy atom. The number of hydrogen-bond donors (Lipinski definition) is 2. The van der Waals surface area contributed by atoms with Crippen molar-refractivity contribution in [3.05, 3.63) is 21.9 Å². The molecule has 0 unspecified atom stereocenters. The summed E-state index contributed by atoms with van der Waals surface area (Å²) >= 11 is 1.85. The van der Waals surface area contributed by atoms with Crippen molar-refractivity contribution in [2.24, 2.45) is 0 Å². The number of aryl methyl sites for hydroxylation is 1. The van der Waals surface area contributed by atoms with Gasteiger partial charge in [-0.2, -0.15) is 0 Å². The molecular formula is C12H21NOS. The van der Waals surface area contributed by atoms with Crippen LogP contribution in [0, 0.1) is 6.92 Å². The largest absolute Gasteiger partial charge is 0.396 e. The summed E-state index contributed by atoms with van der Waals surface area (Å²) in [5, 5.41) is 12.3. The van der Waals surface area contributed by atoms with E-state index in [0.29, 0.717) is 18.7 Å². The van der Waals surface area contributed by atoms with E-state index in [1.54, 1.807) is 0 Å². The van der Waals surface area contributed by atoms with E-state index in [2.05, 4.69) is 38.2 Å². The van der Waals surface area contributed by atoms with E-state index in [4.69, 9.17) is 5.11 Å². The molecule has 86 valence electrons. The minimum Gasteiger partial charge on any atom is -0.396 e. The number of thiophene rings is 1. The Morgan fingerprint density at radius 2 is 2.13 bits per heavy atom. The zero-order valence-electron chi connectivity index (χ0n) is 9.79. The van der Waals surface area contributed by atoms with Crippen molar-refractivity contribution >= 4 is 11.3 Å². The van der Waals surface area contributed by atoms with E-state index in [9.17, 15) is 0 Å². The SMILES string of the molecule is Cc1ccc([C@H](C)N[C@H](C)CCCO)s1. The zero-order valence-corrected chi connectivity index (χ0v) is 10.6. The van der Waals surface area contributed by atoms with Crippen molar-refractivity contribution in [2.45, 2.75) is 45.7 Å². The summed E-state index contributed by atoms with van der Waals surface area (Å²) in [5.41, 5.74) is 0. The molecule has 0 spiro atoms. The molecule has 15 heavy (non-hydrogen) atoms. The van der Waals surface area contributed by atoms with Crippen LogP contribution in [-0.2, 0) is 0 Å². The maximum absolute atomic E-state index is 8.74. The first-order chi connectivity index (χ1) is 7.13. The van der Waals surface area contributed by atoms with Crippen LogP contribution in [0.4, 0.5) is 0 Å². The lowest BCUT2D eigenvalue weighted by atomic mass is 10.1. The maximum Gasteiger partial charge on any atom is 0.0431 e. The zero-order chi connectivity index (χ0) is 11.3. The smallest absolute Gasteiger partial charge is 0.0431 e. The van der Waals surface area contributed by atoms with Crippen molar-refractivity contribution < 1.29 is 5.11 Å². The first kappa shape index (κ1) is 12.7. The fraction of sp³-hybridized carbons (Fsp3) is 0.667. The Labute approximate surface area is 96.3 Å². The average molecular weight is 227 g/mol. The highest BCUT2D eigenvalue weighted by Crippen LogP contribution is 2.22. The van der Waals surface area contributed by atoms with E-state index in [-0.39, 0.29) is 0 Å². The molecule has 1 rings (SSSR count). The van der Waals surface area contributed by atoms with Gasteiger partial charge in [-0.3, -0.25) is 0 Å². The molecule has 0 aliphatic rings. The first-order valence-electron chi connectivity index (χ1n) is 5.56. The molecule has 0 radical (unpaired) electrons. The van der Waals surface area contributed by atoms with Gasteiger partial charge in [-0.1, -0.05) is 0 Å². The van der Waals surface area contributed by atoms with Gasteiger partial charge in [0.05, 0.1) is 0 Å². The standard InChI is InChI=1S/C12H21NOS/c1-9(5-4-8-14)13-11(3)12-7-6-10(2)15-12/h6-7,9,11,13-14H,4-5,8H2,1-3H3/t9-,11+/m1/s1. The van der Waals surface area contributed by atoms with Gasteiger partial charge in [-0.05, 0) is 45.7 Å². The fourth-order valence-corrected chi connectivity index (χ4v) is 2.56. The molecule has 3 heteroatoms. The Kier molecular flexibility index (Phi) is 5.29. The molecule has 0 aliphatic carbocycles. The lowest BCUT2D eigenvalue weighted by Gasteiger charge is -2.18. The van der Waals surface area contributed by atoms with Crippen molar-refractivity contribution in [1.82, 2.24) is 5.32 Å². The number of nitrogens with one attached hydrogen (secondary N) is 1. The van der Waals surface area contributed by atoms with Crippen molar-refractivity contribution in [3.8, 4) is 0 Å². The van der Waals surface area contributed by atoms with Gasteiger partial charge in [-0.15, -0.1) is 11.3 Å². The van der Waals surface area contributed by atoms with E-state index >= 15 is 0 Å². The van der Waals surface area contributed by atoms with Gasteiger partial charge in [0.15, 0.2) is 0 Å². The molecule has 0 aromatic carbocycles. The third kappa shape index (κ3) is 4.33.